The monoisotopic (exact) mass is 467 g/mol. The molecule has 0 saturated carbocycles. The van der Waals surface area contributed by atoms with Crippen molar-refractivity contribution in [2.45, 2.75) is 0 Å². The average molecular weight is 468 g/mol. The van der Waals surface area contributed by atoms with Crippen LogP contribution in [0.15, 0.2) is 76.2 Å². The highest BCUT2D eigenvalue weighted by atomic mass is 35.5. The van der Waals surface area contributed by atoms with Crippen molar-refractivity contribution >= 4 is 29.2 Å². The number of nitrogens with zero attached hydrogens (tertiary/aromatic N) is 3. The normalized spacial score (nSPS) is 11.9. The fourth-order valence-corrected chi connectivity index (χ4v) is 4.05. The lowest BCUT2D eigenvalue weighted by atomic mass is 10.1. The van der Waals surface area contributed by atoms with Crippen LogP contribution in [0, 0.1) is 0 Å². The quantitative estimate of drug-likeness (QED) is 0.220. The lowest BCUT2D eigenvalue weighted by Crippen LogP contribution is -2.13. The molecule has 0 aliphatic heterocycles. The van der Waals surface area contributed by atoms with Crippen LogP contribution in [0.4, 0.5) is 0 Å². The summed E-state index contributed by atoms with van der Waals surface area (Å²) in [5.74, 6) is 0.425. The summed E-state index contributed by atoms with van der Waals surface area (Å²) in [5, 5.41) is 41.1. The van der Waals surface area contributed by atoms with Crippen LogP contribution in [0.5, 0.6) is 23.0 Å². The van der Waals surface area contributed by atoms with E-state index in [1.54, 1.807) is 28.8 Å². The molecule has 3 aromatic carbocycles. The van der Waals surface area contributed by atoms with Crippen molar-refractivity contribution in [3.63, 3.8) is 0 Å². The minimum Gasteiger partial charge on any atom is -0.508 e. The molecule has 162 valence electrons. The van der Waals surface area contributed by atoms with Gasteiger partial charge in [-0.05, 0) is 66.2 Å². The van der Waals surface area contributed by atoms with Gasteiger partial charge in [0, 0.05) is 21.7 Å². The van der Waals surface area contributed by atoms with Crippen LogP contribution in [0.25, 0.3) is 16.9 Å². The van der Waals surface area contributed by atoms with Crippen molar-refractivity contribution in [2.24, 2.45) is 10.2 Å². The van der Waals surface area contributed by atoms with Gasteiger partial charge in [0.15, 0.2) is 11.5 Å². The molecule has 1 aromatic heterocycles. The van der Waals surface area contributed by atoms with Crippen LogP contribution in [0.1, 0.15) is 5.56 Å². The number of phenolic OH excluding ortho intramolecular Hbond substituents is 3. The Labute approximate surface area is 192 Å². The molecule has 0 aliphatic carbocycles. The Morgan fingerprint density at radius 2 is 1.75 bits per heavy atom. The first-order valence-electron chi connectivity index (χ1n) is 9.39. The van der Waals surface area contributed by atoms with Crippen LogP contribution in [-0.2, 0) is 0 Å². The van der Waals surface area contributed by atoms with Crippen LogP contribution in [0.2, 0.25) is 5.02 Å². The summed E-state index contributed by atoms with van der Waals surface area (Å²) >= 11 is 7.36. The number of benzene rings is 3. The highest BCUT2D eigenvalue weighted by molar-refractivity contribution is 7.07. The largest absolute Gasteiger partial charge is 0.508 e. The summed E-state index contributed by atoms with van der Waals surface area (Å²) in [6.07, 6.45) is 1.51. The van der Waals surface area contributed by atoms with E-state index < -0.39 is 0 Å². The smallest absolute Gasteiger partial charge is 0.215 e. The first-order valence-corrected chi connectivity index (χ1v) is 10.6. The first kappa shape index (κ1) is 21.5. The molecule has 0 bridgehead atoms. The Morgan fingerprint density at radius 1 is 0.969 bits per heavy atom. The molecule has 4 aromatic rings. The van der Waals surface area contributed by atoms with Gasteiger partial charge in [0.25, 0.3) is 0 Å². The predicted octanol–water partition coefficient (Wildman–Crippen LogP) is 4.92. The summed E-state index contributed by atoms with van der Waals surface area (Å²) in [5.41, 5.74) is 2.47. The molecule has 3 N–H and O–H groups in total. The van der Waals surface area contributed by atoms with Gasteiger partial charge in [-0.15, -0.1) is 16.4 Å². The Bertz CT molecular complexity index is 1360. The fourth-order valence-electron chi connectivity index (χ4n) is 3.07. The van der Waals surface area contributed by atoms with Gasteiger partial charge in [-0.3, -0.25) is 4.57 Å². The molecule has 32 heavy (non-hydrogen) atoms. The maximum atomic E-state index is 10.4. The van der Waals surface area contributed by atoms with Crippen molar-refractivity contribution in [1.82, 2.24) is 4.57 Å². The third-order valence-electron chi connectivity index (χ3n) is 4.60. The average Bonchev–Trinajstić information content (AvgIpc) is 3.20. The van der Waals surface area contributed by atoms with Crippen molar-refractivity contribution in [3.8, 4) is 39.9 Å². The van der Waals surface area contributed by atoms with Gasteiger partial charge in [0.05, 0.1) is 19.0 Å². The number of methoxy groups -OCH3 is 1. The number of hydrogen-bond acceptors (Lipinski definition) is 7. The number of aromatic hydroxyl groups is 3. The molecule has 9 heteroatoms. The maximum absolute atomic E-state index is 10.4. The van der Waals surface area contributed by atoms with Crippen molar-refractivity contribution < 1.29 is 20.1 Å². The van der Waals surface area contributed by atoms with Crippen LogP contribution in [-0.4, -0.2) is 33.2 Å². The van der Waals surface area contributed by atoms with E-state index in [4.69, 9.17) is 16.3 Å². The van der Waals surface area contributed by atoms with E-state index in [1.807, 2.05) is 17.5 Å². The van der Waals surface area contributed by atoms with E-state index in [0.29, 0.717) is 32.4 Å². The second kappa shape index (κ2) is 9.17. The van der Waals surface area contributed by atoms with E-state index in [0.717, 1.165) is 5.69 Å². The number of ether oxygens (including phenoxy) is 1. The van der Waals surface area contributed by atoms with Crippen molar-refractivity contribution in [1.29, 1.82) is 0 Å². The Morgan fingerprint density at radius 3 is 2.47 bits per heavy atom. The van der Waals surface area contributed by atoms with E-state index >= 15 is 0 Å². The molecular weight excluding hydrogens is 450 g/mol. The SMILES string of the molecule is COc1ccc(/C=N/N=c2\scc(-c3cc(O)ccc3O)n2-c2ccc(Cl)cc2)cc1O. The number of halogens is 1. The lowest BCUT2D eigenvalue weighted by Gasteiger charge is -2.11. The molecule has 0 aliphatic rings. The van der Waals surface area contributed by atoms with E-state index in [9.17, 15) is 15.3 Å². The number of thiazole rings is 1. The zero-order valence-electron chi connectivity index (χ0n) is 16.8. The van der Waals surface area contributed by atoms with Crippen molar-refractivity contribution in [3.05, 3.63) is 81.4 Å². The van der Waals surface area contributed by atoms with Gasteiger partial charge >= 0.3 is 0 Å². The molecular formula is C23H18ClN3O4S. The summed E-state index contributed by atoms with van der Waals surface area (Å²) in [6.45, 7) is 0. The summed E-state index contributed by atoms with van der Waals surface area (Å²) in [6, 6.07) is 16.4. The molecule has 4 rings (SSSR count). The number of phenols is 3. The predicted molar refractivity (Wildman–Crippen MR) is 125 cm³/mol. The third kappa shape index (κ3) is 4.46. The molecule has 0 unspecified atom stereocenters. The second-order valence-electron chi connectivity index (χ2n) is 6.69. The molecule has 0 radical (unpaired) electrons. The fraction of sp³-hybridized carbons (Fsp3) is 0.0435. The second-order valence-corrected chi connectivity index (χ2v) is 7.97. The molecule has 1 heterocycles. The topological polar surface area (TPSA) is 99.6 Å². The zero-order chi connectivity index (χ0) is 22.7. The molecule has 0 saturated heterocycles. The van der Waals surface area contributed by atoms with E-state index in [1.165, 1.54) is 48.9 Å². The molecule has 0 atom stereocenters. The van der Waals surface area contributed by atoms with Crippen LogP contribution in [0.3, 0.4) is 0 Å². The van der Waals surface area contributed by atoms with Gasteiger partial charge in [0.1, 0.15) is 11.5 Å². The van der Waals surface area contributed by atoms with Gasteiger partial charge < -0.3 is 20.1 Å². The molecule has 7 nitrogen and oxygen atoms in total. The minimum absolute atomic E-state index is 0.00505. The van der Waals surface area contributed by atoms with Gasteiger partial charge in [0.2, 0.25) is 4.80 Å². The Kier molecular flexibility index (Phi) is 6.16. The highest BCUT2D eigenvalue weighted by Crippen LogP contribution is 2.34. The Balaban J connectivity index is 1.82. The highest BCUT2D eigenvalue weighted by Gasteiger charge is 2.14. The summed E-state index contributed by atoms with van der Waals surface area (Å²) < 4.78 is 6.85. The molecule has 0 amide bonds. The number of hydrogen-bond donors (Lipinski definition) is 3. The number of rotatable bonds is 5. The lowest BCUT2D eigenvalue weighted by molar-refractivity contribution is 0.373. The standard InChI is InChI=1S/C23H18ClN3O4S/c1-31-22-9-2-14(10-21(22)30)12-25-26-23-27(16-5-3-15(24)4-6-16)19(13-32-23)18-11-17(28)7-8-20(18)29/h2-13,28-30H,1H3/b25-12+,26-23-. The van der Waals surface area contributed by atoms with Gasteiger partial charge in [-0.1, -0.05) is 11.6 Å². The Hall–Kier alpha value is -3.75. The van der Waals surface area contributed by atoms with Gasteiger partial charge in [-0.2, -0.15) is 5.10 Å². The summed E-state index contributed by atoms with van der Waals surface area (Å²) in [4.78, 5) is 0.527. The van der Waals surface area contributed by atoms with Crippen molar-refractivity contribution in [2.75, 3.05) is 7.11 Å². The van der Waals surface area contributed by atoms with Crippen LogP contribution < -0.4 is 9.54 Å². The summed E-state index contributed by atoms with van der Waals surface area (Å²) in [7, 11) is 1.48. The molecule has 0 fully saturated rings. The first-order chi connectivity index (χ1) is 15.5. The number of aromatic nitrogens is 1. The van der Waals surface area contributed by atoms with E-state index in [2.05, 4.69) is 10.2 Å². The van der Waals surface area contributed by atoms with Crippen LogP contribution >= 0.6 is 22.9 Å². The van der Waals surface area contributed by atoms with Gasteiger partial charge in [-0.25, -0.2) is 0 Å². The van der Waals surface area contributed by atoms with E-state index in [-0.39, 0.29) is 17.2 Å². The maximum Gasteiger partial charge on any atom is 0.215 e. The zero-order valence-corrected chi connectivity index (χ0v) is 18.4. The molecule has 0 spiro atoms. The minimum atomic E-state index is 0.00505. The third-order valence-corrected chi connectivity index (χ3v) is 5.67.